The van der Waals surface area contributed by atoms with Gasteiger partial charge in [-0.2, -0.15) is 0 Å². The second-order valence-electron chi connectivity index (χ2n) is 8.63. The molecule has 4 heteroatoms. The lowest BCUT2D eigenvalue weighted by Gasteiger charge is -2.58. The van der Waals surface area contributed by atoms with Gasteiger partial charge in [-0.05, 0) is 36.6 Å². The van der Waals surface area contributed by atoms with Crippen LogP contribution in [-0.4, -0.2) is 16.1 Å². The zero-order chi connectivity index (χ0) is 20.2. The highest BCUT2D eigenvalue weighted by molar-refractivity contribution is 5.86. The lowest BCUT2D eigenvalue weighted by atomic mass is 9.55. The Bertz CT molecular complexity index is 1050. The topological polar surface area (TPSA) is 32.3 Å². The van der Waals surface area contributed by atoms with E-state index in [-0.39, 0.29) is 17.0 Å². The maximum atomic E-state index is 4.81. The molecule has 0 spiro atoms. The van der Waals surface area contributed by atoms with Gasteiger partial charge < -0.3 is 9.80 Å². The predicted molar refractivity (Wildman–Crippen MR) is 119 cm³/mol. The maximum Gasteiger partial charge on any atom is 0.178 e. The molecule has 2 aliphatic rings. The van der Waals surface area contributed by atoms with E-state index in [4.69, 9.17) is 9.97 Å². The van der Waals surface area contributed by atoms with Gasteiger partial charge in [0.2, 0.25) is 0 Å². The highest BCUT2D eigenvalue weighted by atomic mass is 15.5. The number of rotatable bonds is 3. The van der Waals surface area contributed by atoms with Crippen LogP contribution in [0.25, 0.3) is 0 Å². The SMILES string of the molecule is CCC1(C)c2ccccc2N2c3nccnc3N(c3ccccc3)C2C1(C)CC. The van der Waals surface area contributed by atoms with E-state index >= 15 is 0 Å². The second kappa shape index (κ2) is 6.31. The van der Waals surface area contributed by atoms with Crippen LogP contribution in [0.15, 0.2) is 67.0 Å². The van der Waals surface area contributed by atoms with Crippen molar-refractivity contribution in [3.8, 4) is 0 Å². The summed E-state index contributed by atoms with van der Waals surface area (Å²) in [6, 6.07) is 19.5. The van der Waals surface area contributed by atoms with E-state index in [1.54, 1.807) is 6.20 Å². The Morgan fingerprint density at radius 2 is 1.41 bits per heavy atom. The van der Waals surface area contributed by atoms with Gasteiger partial charge in [0.1, 0.15) is 6.17 Å². The predicted octanol–water partition coefficient (Wildman–Crippen LogP) is 6.19. The summed E-state index contributed by atoms with van der Waals surface area (Å²) in [4.78, 5) is 14.5. The Hall–Kier alpha value is -2.88. The van der Waals surface area contributed by atoms with Crippen molar-refractivity contribution < 1.29 is 0 Å². The minimum atomic E-state index is -0.00563. The summed E-state index contributed by atoms with van der Waals surface area (Å²) in [5.41, 5.74) is 3.87. The third kappa shape index (κ3) is 2.20. The molecular weight excluding hydrogens is 356 g/mol. The molecule has 5 rings (SSSR count). The van der Waals surface area contributed by atoms with Crippen LogP contribution in [0.3, 0.4) is 0 Å². The summed E-state index contributed by atoms with van der Waals surface area (Å²) in [6.45, 7) is 9.55. The molecular formula is C25H28N4. The molecule has 3 aromatic rings. The van der Waals surface area contributed by atoms with Crippen molar-refractivity contribution in [2.75, 3.05) is 9.80 Å². The fraction of sp³-hybridized carbons (Fsp3) is 0.360. The highest BCUT2D eigenvalue weighted by Gasteiger charge is 2.61. The first kappa shape index (κ1) is 18.2. The largest absolute Gasteiger partial charge is 0.301 e. The molecule has 0 fully saturated rings. The molecule has 0 aliphatic carbocycles. The van der Waals surface area contributed by atoms with E-state index < -0.39 is 0 Å². The number of aromatic nitrogens is 2. The smallest absolute Gasteiger partial charge is 0.178 e. The number of fused-ring (bicyclic) bond motifs is 5. The van der Waals surface area contributed by atoms with Crippen LogP contribution in [-0.2, 0) is 5.41 Å². The molecule has 0 radical (unpaired) electrons. The van der Waals surface area contributed by atoms with Crippen LogP contribution in [0, 0.1) is 5.41 Å². The van der Waals surface area contributed by atoms with Crippen molar-refractivity contribution >= 4 is 23.0 Å². The van der Waals surface area contributed by atoms with Crippen molar-refractivity contribution in [2.45, 2.75) is 52.1 Å². The standard InChI is InChI=1S/C25H28N4/c1-5-24(3)19-14-10-11-15-20(19)29-22-21(26-16-17-27-22)28(18-12-8-7-9-13-18)23(29)25(24,4)6-2/h7-17,23H,5-6H2,1-4H3. The van der Waals surface area contributed by atoms with E-state index in [1.807, 2.05) is 6.20 Å². The minimum absolute atomic E-state index is 0.00563. The molecule has 29 heavy (non-hydrogen) atoms. The van der Waals surface area contributed by atoms with Crippen molar-refractivity contribution in [1.29, 1.82) is 0 Å². The third-order valence-electron chi connectivity index (χ3n) is 7.67. The van der Waals surface area contributed by atoms with Gasteiger partial charge in [-0.1, -0.05) is 64.1 Å². The molecule has 2 aliphatic heterocycles. The van der Waals surface area contributed by atoms with Gasteiger partial charge in [-0.25, -0.2) is 9.97 Å². The Balaban J connectivity index is 1.86. The fourth-order valence-corrected chi connectivity index (χ4v) is 5.59. The van der Waals surface area contributed by atoms with Crippen LogP contribution in [0.2, 0.25) is 0 Å². The van der Waals surface area contributed by atoms with Gasteiger partial charge >= 0.3 is 0 Å². The summed E-state index contributed by atoms with van der Waals surface area (Å²) in [7, 11) is 0. The number of anilines is 4. The first-order valence-electron chi connectivity index (χ1n) is 10.6. The van der Waals surface area contributed by atoms with E-state index in [2.05, 4.69) is 92.1 Å². The average molecular weight is 385 g/mol. The molecule has 0 saturated carbocycles. The summed E-state index contributed by atoms with van der Waals surface area (Å²) in [6.07, 6.45) is 5.88. The molecule has 2 aromatic carbocycles. The summed E-state index contributed by atoms with van der Waals surface area (Å²) in [5, 5.41) is 0. The molecule has 0 N–H and O–H groups in total. The van der Waals surface area contributed by atoms with E-state index in [0.29, 0.717) is 0 Å². The molecule has 3 heterocycles. The van der Waals surface area contributed by atoms with Crippen molar-refractivity contribution in [1.82, 2.24) is 9.97 Å². The number of hydrogen-bond acceptors (Lipinski definition) is 4. The van der Waals surface area contributed by atoms with Gasteiger partial charge in [0.15, 0.2) is 11.6 Å². The molecule has 4 nitrogen and oxygen atoms in total. The van der Waals surface area contributed by atoms with Crippen LogP contribution in [0.5, 0.6) is 0 Å². The molecule has 0 amide bonds. The fourth-order valence-electron chi connectivity index (χ4n) is 5.59. The molecule has 1 aromatic heterocycles. The quantitative estimate of drug-likeness (QED) is 0.539. The average Bonchev–Trinajstić information content (AvgIpc) is 3.14. The monoisotopic (exact) mass is 384 g/mol. The first-order chi connectivity index (χ1) is 14.1. The molecule has 3 unspecified atom stereocenters. The van der Waals surface area contributed by atoms with Gasteiger partial charge in [0, 0.05) is 34.6 Å². The van der Waals surface area contributed by atoms with Gasteiger partial charge in [-0.3, -0.25) is 0 Å². The van der Waals surface area contributed by atoms with Gasteiger partial charge in [0.05, 0.1) is 0 Å². The van der Waals surface area contributed by atoms with Crippen LogP contribution < -0.4 is 9.80 Å². The lowest BCUT2D eigenvalue weighted by molar-refractivity contribution is 0.0963. The summed E-state index contributed by atoms with van der Waals surface area (Å²) >= 11 is 0. The normalized spacial score (nSPS) is 27.4. The van der Waals surface area contributed by atoms with Crippen LogP contribution >= 0.6 is 0 Å². The minimum Gasteiger partial charge on any atom is -0.301 e. The summed E-state index contributed by atoms with van der Waals surface area (Å²) in [5.74, 6) is 1.89. The molecule has 148 valence electrons. The summed E-state index contributed by atoms with van der Waals surface area (Å²) < 4.78 is 0. The zero-order valence-corrected chi connectivity index (χ0v) is 17.6. The van der Waals surface area contributed by atoms with Crippen molar-refractivity contribution in [2.24, 2.45) is 5.41 Å². The Labute approximate surface area is 173 Å². The molecule has 0 bridgehead atoms. The number of benzene rings is 2. The van der Waals surface area contributed by atoms with Gasteiger partial charge in [0.25, 0.3) is 0 Å². The van der Waals surface area contributed by atoms with Crippen molar-refractivity contribution in [3.05, 3.63) is 72.6 Å². The van der Waals surface area contributed by atoms with Crippen LogP contribution in [0.4, 0.5) is 23.0 Å². The Kier molecular flexibility index (Phi) is 3.95. The van der Waals surface area contributed by atoms with E-state index in [0.717, 1.165) is 24.5 Å². The van der Waals surface area contributed by atoms with E-state index in [9.17, 15) is 0 Å². The molecule has 3 atom stereocenters. The second-order valence-corrected chi connectivity index (χ2v) is 8.63. The lowest BCUT2D eigenvalue weighted by Crippen LogP contribution is -2.62. The Morgan fingerprint density at radius 1 is 0.793 bits per heavy atom. The first-order valence-corrected chi connectivity index (χ1v) is 10.6. The van der Waals surface area contributed by atoms with Crippen LogP contribution in [0.1, 0.15) is 46.1 Å². The Morgan fingerprint density at radius 3 is 2.07 bits per heavy atom. The maximum absolute atomic E-state index is 4.81. The molecule has 0 saturated heterocycles. The van der Waals surface area contributed by atoms with E-state index in [1.165, 1.54) is 16.9 Å². The van der Waals surface area contributed by atoms with Gasteiger partial charge in [-0.15, -0.1) is 0 Å². The number of para-hydroxylation sites is 2. The number of hydrogen-bond donors (Lipinski definition) is 0. The third-order valence-corrected chi connectivity index (χ3v) is 7.67. The zero-order valence-electron chi connectivity index (χ0n) is 17.6. The highest BCUT2D eigenvalue weighted by Crippen LogP contribution is 2.63. The van der Waals surface area contributed by atoms with Crippen molar-refractivity contribution in [3.63, 3.8) is 0 Å². The number of nitrogens with zero attached hydrogens (tertiary/aromatic N) is 4.